The molecular weight excluding hydrogens is 361 g/mol. The highest BCUT2D eigenvalue weighted by atomic mass is 79.9. The lowest BCUT2D eigenvalue weighted by molar-refractivity contribution is 0.537. The van der Waals surface area contributed by atoms with Crippen molar-refractivity contribution in [2.45, 2.75) is 6.04 Å². The number of hydrogen-bond acceptors (Lipinski definition) is 2. The van der Waals surface area contributed by atoms with Crippen LogP contribution in [0.5, 0.6) is 0 Å². The highest BCUT2D eigenvalue weighted by molar-refractivity contribution is 9.10. The van der Waals surface area contributed by atoms with Gasteiger partial charge in [0.15, 0.2) is 0 Å². The molecule has 0 saturated carbocycles. The Hall–Kier alpha value is -0.750. The second kappa shape index (κ2) is 5.71. The summed E-state index contributed by atoms with van der Waals surface area (Å²) in [5, 5.41) is 0.468. The number of benzene rings is 1. The molecule has 0 amide bonds. The largest absolute Gasteiger partial charge is 0.319 e. The van der Waals surface area contributed by atoms with Crippen LogP contribution in [0.3, 0.4) is 0 Å². The van der Waals surface area contributed by atoms with Crippen molar-refractivity contribution in [1.29, 1.82) is 0 Å². The molecule has 1 aromatic carbocycles. The van der Waals surface area contributed by atoms with Crippen LogP contribution >= 0.6 is 39.1 Å². The van der Waals surface area contributed by atoms with Gasteiger partial charge in [-0.25, -0.2) is 8.78 Å². The van der Waals surface area contributed by atoms with Crippen molar-refractivity contribution in [3.05, 3.63) is 61.8 Å². The van der Waals surface area contributed by atoms with Crippen molar-refractivity contribution in [1.82, 2.24) is 4.98 Å². The molecule has 2 rings (SSSR count). The van der Waals surface area contributed by atoms with Crippen molar-refractivity contribution in [2.24, 2.45) is 5.73 Å². The average molecular weight is 368 g/mol. The van der Waals surface area contributed by atoms with Gasteiger partial charge in [0, 0.05) is 11.8 Å². The molecule has 0 saturated heterocycles. The maximum absolute atomic E-state index is 13.9. The molecule has 1 aromatic heterocycles. The molecular formula is C12H7BrCl2F2N2. The second-order valence-electron chi connectivity index (χ2n) is 3.76. The third-order valence-corrected chi connectivity index (χ3v) is 3.64. The van der Waals surface area contributed by atoms with Crippen molar-refractivity contribution in [3.8, 4) is 0 Å². The molecule has 0 aliphatic heterocycles. The number of nitrogens with zero attached hydrogens (tertiary/aromatic N) is 1. The zero-order valence-electron chi connectivity index (χ0n) is 9.30. The van der Waals surface area contributed by atoms with E-state index in [-0.39, 0.29) is 20.8 Å². The first-order chi connectivity index (χ1) is 8.91. The SMILES string of the molecule is NC(c1ncc(Cl)cc1Cl)c1c(F)ccc(Br)c1F. The molecule has 2 N–H and O–H groups in total. The summed E-state index contributed by atoms with van der Waals surface area (Å²) < 4.78 is 27.8. The number of rotatable bonds is 2. The van der Waals surface area contributed by atoms with Crippen LogP contribution < -0.4 is 5.73 Å². The minimum atomic E-state index is -1.12. The molecule has 2 aromatic rings. The molecule has 1 unspecified atom stereocenters. The molecule has 1 atom stereocenters. The summed E-state index contributed by atoms with van der Waals surface area (Å²) in [4.78, 5) is 3.93. The summed E-state index contributed by atoms with van der Waals surface area (Å²) in [6.07, 6.45) is 1.32. The van der Waals surface area contributed by atoms with Crippen LogP contribution in [-0.4, -0.2) is 4.98 Å². The van der Waals surface area contributed by atoms with E-state index in [9.17, 15) is 8.78 Å². The van der Waals surface area contributed by atoms with Gasteiger partial charge in [0.2, 0.25) is 0 Å². The van der Waals surface area contributed by atoms with Gasteiger partial charge in [0.25, 0.3) is 0 Å². The van der Waals surface area contributed by atoms with Crippen molar-refractivity contribution in [2.75, 3.05) is 0 Å². The summed E-state index contributed by atoms with van der Waals surface area (Å²) in [5.41, 5.74) is 5.70. The van der Waals surface area contributed by atoms with Crippen molar-refractivity contribution in [3.63, 3.8) is 0 Å². The normalized spacial score (nSPS) is 12.5. The summed E-state index contributed by atoms with van der Waals surface area (Å²) in [6.45, 7) is 0. The van der Waals surface area contributed by atoms with Crippen molar-refractivity contribution < 1.29 is 8.78 Å². The molecule has 0 fully saturated rings. The minimum absolute atomic E-state index is 0.115. The molecule has 100 valence electrons. The maximum Gasteiger partial charge on any atom is 0.145 e. The Kier molecular flexibility index (Phi) is 4.40. The van der Waals surface area contributed by atoms with Gasteiger partial charge in [0.1, 0.15) is 11.6 Å². The topological polar surface area (TPSA) is 38.9 Å². The van der Waals surface area contributed by atoms with E-state index < -0.39 is 17.7 Å². The fourth-order valence-corrected chi connectivity index (χ4v) is 2.46. The lowest BCUT2D eigenvalue weighted by Crippen LogP contribution is -2.17. The Labute approximate surface area is 126 Å². The van der Waals surface area contributed by atoms with Crippen LogP contribution in [-0.2, 0) is 0 Å². The predicted molar refractivity (Wildman–Crippen MR) is 74.3 cm³/mol. The number of hydrogen-bond donors (Lipinski definition) is 1. The van der Waals surface area contributed by atoms with E-state index in [0.717, 1.165) is 6.07 Å². The van der Waals surface area contributed by atoms with E-state index in [1.807, 2.05) is 0 Å². The van der Waals surface area contributed by atoms with Crippen LogP contribution in [0, 0.1) is 11.6 Å². The molecule has 0 spiro atoms. The summed E-state index contributed by atoms with van der Waals surface area (Å²) in [5.74, 6) is -1.54. The predicted octanol–water partition coefficient (Wildman–Crippen LogP) is 4.48. The second-order valence-corrected chi connectivity index (χ2v) is 5.45. The van der Waals surface area contributed by atoms with Crippen LogP contribution in [0.2, 0.25) is 10.0 Å². The Morgan fingerprint density at radius 1 is 1.26 bits per heavy atom. The summed E-state index contributed by atoms with van der Waals surface area (Å²) in [7, 11) is 0. The van der Waals surface area contributed by atoms with Crippen LogP contribution in [0.25, 0.3) is 0 Å². The number of aromatic nitrogens is 1. The zero-order valence-corrected chi connectivity index (χ0v) is 12.4. The van der Waals surface area contributed by atoms with Gasteiger partial charge in [-0.15, -0.1) is 0 Å². The van der Waals surface area contributed by atoms with E-state index in [1.54, 1.807) is 0 Å². The lowest BCUT2D eigenvalue weighted by Gasteiger charge is -2.15. The number of nitrogens with two attached hydrogens (primary N) is 1. The quantitative estimate of drug-likeness (QED) is 0.795. The fourth-order valence-electron chi connectivity index (χ4n) is 1.62. The third-order valence-electron chi connectivity index (χ3n) is 2.52. The summed E-state index contributed by atoms with van der Waals surface area (Å²) >= 11 is 14.6. The van der Waals surface area contributed by atoms with Gasteiger partial charge in [0.05, 0.1) is 26.3 Å². The number of pyridine rings is 1. The molecule has 2 nitrogen and oxygen atoms in total. The Morgan fingerprint density at radius 3 is 2.58 bits per heavy atom. The molecule has 0 aliphatic carbocycles. The smallest absolute Gasteiger partial charge is 0.145 e. The standard InChI is InChI=1S/C12H7BrCl2F2N2/c13-6-1-2-8(16)9(10(6)17)11(18)12-7(15)3-5(14)4-19-12/h1-4,11H,18H2. The minimum Gasteiger partial charge on any atom is -0.319 e. The first kappa shape index (κ1) is 14.7. The van der Waals surface area contributed by atoms with E-state index in [2.05, 4.69) is 20.9 Å². The molecule has 0 bridgehead atoms. The maximum atomic E-state index is 13.9. The van der Waals surface area contributed by atoms with Gasteiger partial charge in [-0.2, -0.15) is 0 Å². The van der Waals surface area contributed by atoms with E-state index in [4.69, 9.17) is 28.9 Å². The Bertz CT molecular complexity index is 637. The summed E-state index contributed by atoms with van der Waals surface area (Å²) in [6, 6.07) is 2.67. The Morgan fingerprint density at radius 2 is 1.95 bits per heavy atom. The van der Waals surface area contributed by atoms with Crippen LogP contribution in [0.1, 0.15) is 17.3 Å². The molecule has 7 heteroatoms. The van der Waals surface area contributed by atoms with Crippen molar-refractivity contribution >= 4 is 39.1 Å². The van der Waals surface area contributed by atoms with E-state index in [0.29, 0.717) is 5.02 Å². The van der Waals surface area contributed by atoms with Crippen LogP contribution in [0.4, 0.5) is 8.78 Å². The molecule has 19 heavy (non-hydrogen) atoms. The fraction of sp³-hybridized carbons (Fsp3) is 0.0833. The lowest BCUT2D eigenvalue weighted by atomic mass is 10.0. The van der Waals surface area contributed by atoms with Gasteiger partial charge >= 0.3 is 0 Å². The highest BCUT2D eigenvalue weighted by Crippen LogP contribution is 2.32. The van der Waals surface area contributed by atoms with Gasteiger partial charge in [-0.05, 0) is 34.1 Å². The van der Waals surface area contributed by atoms with E-state index >= 15 is 0 Å². The highest BCUT2D eigenvalue weighted by Gasteiger charge is 2.23. The molecule has 0 radical (unpaired) electrons. The zero-order chi connectivity index (χ0) is 14.2. The Balaban J connectivity index is 2.56. The third kappa shape index (κ3) is 2.89. The van der Waals surface area contributed by atoms with Gasteiger partial charge in [-0.3, -0.25) is 4.98 Å². The van der Waals surface area contributed by atoms with Gasteiger partial charge < -0.3 is 5.73 Å². The monoisotopic (exact) mass is 366 g/mol. The molecule has 0 aliphatic rings. The number of halogens is 5. The van der Waals surface area contributed by atoms with Gasteiger partial charge in [-0.1, -0.05) is 23.2 Å². The average Bonchev–Trinajstić information content (AvgIpc) is 2.34. The first-order valence-electron chi connectivity index (χ1n) is 5.11. The molecule has 1 heterocycles. The first-order valence-corrected chi connectivity index (χ1v) is 6.66. The van der Waals surface area contributed by atoms with E-state index in [1.165, 1.54) is 18.3 Å². The van der Waals surface area contributed by atoms with Crippen LogP contribution in [0.15, 0.2) is 28.9 Å².